The van der Waals surface area contributed by atoms with Crippen molar-refractivity contribution in [2.24, 2.45) is 0 Å². The predicted octanol–water partition coefficient (Wildman–Crippen LogP) is 2.61. The van der Waals surface area contributed by atoms with Crippen molar-refractivity contribution in [1.82, 2.24) is 10.3 Å². The van der Waals surface area contributed by atoms with Crippen LogP contribution < -0.4 is 5.32 Å². The van der Waals surface area contributed by atoms with E-state index in [1.54, 1.807) is 18.4 Å². The minimum atomic E-state index is 0.403. The van der Waals surface area contributed by atoms with Crippen molar-refractivity contribution in [3.63, 3.8) is 0 Å². The molecule has 0 aliphatic heterocycles. The van der Waals surface area contributed by atoms with E-state index < -0.39 is 0 Å². The van der Waals surface area contributed by atoms with E-state index in [0.29, 0.717) is 6.04 Å². The second kappa shape index (κ2) is 7.79. The SMILES string of the molecule is CCCCC(NCCOC)c1nccs1. The predicted molar refractivity (Wildman–Crippen MR) is 64.3 cm³/mol. The van der Waals surface area contributed by atoms with E-state index in [9.17, 15) is 0 Å². The van der Waals surface area contributed by atoms with Gasteiger partial charge in [0.15, 0.2) is 0 Å². The highest BCUT2D eigenvalue weighted by atomic mass is 32.1. The molecule has 0 saturated heterocycles. The highest BCUT2D eigenvalue weighted by Crippen LogP contribution is 2.20. The van der Waals surface area contributed by atoms with E-state index >= 15 is 0 Å². The van der Waals surface area contributed by atoms with Crippen molar-refractivity contribution >= 4 is 11.3 Å². The monoisotopic (exact) mass is 228 g/mol. The molecule has 0 spiro atoms. The first kappa shape index (κ1) is 12.6. The van der Waals surface area contributed by atoms with Gasteiger partial charge in [-0.1, -0.05) is 19.8 Å². The molecule has 0 aliphatic rings. The number of rotatable bonds is 8. The maximum atomic E-state index is 5.03. The molecule has 0 bridgehead atoms. The van der Waals surface area contributed by atoms with Crippen molar-refractivity contribution < 1.29 is 4.74 Å². The fourth-order valence-corrected chi connectivity index (χ4v) is 2.21. The Morgan fingerprint density at radius 3 is 3.07 bits per heavy atom. The van der Waals surface area contributed by atoms with Crippen LogP contribution in [-0.2, 0) is 4.74 Å². The molecule has 1 atom stereocenters. The number of hydrogen-bond acceptors (Lipinski definition) is 4. The molecule has 0 fully saturated rings. The number of nitrogens with one attached hydrogen (secondary N) is 1. The molecule has 1 aromatic heterocycles. The van der Waals surface area contributed by atoms with Gasteiger partial charge in [-0.25, -0.2) is 4.98 Å². The smallest absolute Gasteiger partial charge is 0.109 e. The molecule has 0 amide bonds. The van der Waals surface area contributed by atoms with Gasteiger partial charge in [-0.2, -0.15) is 0 Å². The van der Waals surface area contributed by atoms with E-state index in [4.69, 9.17) is 4.74 Å². The second-order valence-electron chi connectivity index (χ2n) is 3.51. The molecule has 0 aromatic carbocycles. The van der Waals surface area contributed by atoms with Gasteiger partial charge in [-0.3, -0.25) is 0 Å². The third-order valence-corrected chi connectivity index (χ3v) is 3.18. The molecule has 3 nitrogen and oxygen atoms in total. The first-order chi connectivity index (χ1) is 7.38. The van der Waals surface area contributed by atoms with Gasteiger partial charge in [0.1, 0.15) is 5.01 Å². The Bertz CT molecular complexity index is 239. The topological polar surface area (TPSA) is 34.1 Å². The highest BCUT2D eigenvalue weighted by Gasteiger charge is 2.12. The quantitative estimate of drug-likeness (QED) is 0.694. The summed E-state index contributed by atoms with van der Waals surface area (Å²) >= 11 is 1.73. The van der Waals surface area contributed by atoms with Crippen LogP contribution in [0, 0.1) is 0 Å². The number of ether oxygens (including phenoxy) is 1. The van der Waals surface area contributed by atoms with Gasteiger partial charge in [0.2, 0.25) is 0 Å². The molecule has 1 heterocycles. The van der Waals surface area contributed by atoms with Gasteiger partial charge in [0.05, 0.1) is 12.6 Å². The first-order valence-electron chi connectivity index (χ1n) is 5.50. The Kier molecular flexibility index (Phi) is 6.55. The molecule has 0 saturated carbocycles. The van der Waals surface area contributed by atoms with E-state index in [1.807, 2.05) is 11.6 Å². The normalized spacial score (nSPS) is 12.9. The van der Waals surface area contributed by atoms with Crippen LogP contribution in [-0.4, -0.2) is 25.2 Å². The van der Waals surface area contributed by atoms with Gasteiger partial charge < -0.3 is 10.1 Å². The average molecular weight is 228 g/mol. The lowest BCUT2D eigenvalue weighted by molar-refractivity contribution is 0.195. The van der Waals surface area contributed by atoms with Crippen LogP contribution in [0.25, 0.3) is 0 Å². The molecule has 86 valence electrons. The minimum absolute atomic E-state index is 0.403. The zero-order chi connectivity index (χ0) is 10.9. The van der Waals surface area contributed by atoms with Crippen LogP contribution in [0.5, 0.6) is 0 Å². The van der Waals surface area contributed by atoms with Crippen LogP contribution >= 0.6 is 11.3 Å². The lowest BCUT2D eigenvalue weighted by atomic mass is 10.1. The molecular weight excluding hydrogens is 208 g/mol. The fourth-order valence-electron chi connectivity index (χ4n) is 1.46. The average Bonchev–Trinajstić information content (AvgIpc) is 2.76. The van der Waals surface area contributed by atoms with E-state index in [-0.39, 0.29) is 0 Å². The third kappa shape index (κ3) is 4.73. The Morgan fingerprint density at radius 1 is 1.60 bits per heavy atom. The maximum absolute atomic E-state index is 5.03. The van der Waals surface area contributed by atoms with E-state index in [0.717, 1.165) is 19.6 Å². The molecular formula is C11H20N2OS. The molecule has 1 N–H and O–H groups in total. The van der Waals surface area contributed by atoms with Gasteiger partial charge in [-0.05, 0) is 6.42 Å². The summed E-state index contributed by atoms with van der Waals surface area (Å²) in [5, 5.41) is 6.71. The number of unbranched alkanes of at least 4 members (excludes halogenated alkanes) is 1. The van der Waals surface area contributed by atoms with Crippen LogP contribution in [0.4, 0.5) is 0 Å². The summed E-state index contributed by atoms with van der Waals surface area (Å²) in [5.41, 5.74) is 0. The van der Waals surface area contributed by atoms with Gasteiger partial charge in [0, 0.05) is 25.2 Å². The van der Waals surface area contributed by atoms with Crippen molar-refractivity contribution in [1.29, 1.82) is 0 Å². The summed E-state index contributed by atoms with van der Waals surface area (Å²) in [6, 6.07) is 0.403. The number of nitrogens with zero attached hydrogens (tertiary/aromatic N) is 1. The number of hydrogen-bond donors (Lipinski definition) is 1. The summed E-state index contributed by atoms with van der Waals surface area (Å²) in [5.74, 6) is 0. The largest absolute Gasteiger partial charge is 0.383 e. The Morgan fingerprint density at radius 2 is 2.47 bits per heavy atom. The number of aromatic nitrogens is 1. The second-order valence-corrected chi connectivity index (χ2v) is 4.44. The van der Waals surface area contributed by atoms with E-state index in [1.165, 1.54) is 17.8 Å². The lowest BCUT2D eigenvalue weighted by Gasteiger charge is -2.15. The fraction of sp³-hybridized carbons (Fsp3) is 0.727. The molecule has 1 unspecified atom stereocenters. The van der Waals surface area contributed by atoms with Crippen LogP contribution in [0.2, 0.25) is 0 Å². The minimum Gasteiger partial charge on any atom is -0.383 e. The summed E-state index contributed by atoms with van der Waals surface area (Å²) in [6.07, 6.45) is 5.50. The Balaban J connectivity index is 2.39. The van der Waals surface area contributed by atoms with Gasteiger partial charge in [-0.15, -0.1) is 11.3 Å². The molecule has 0 radical (unpaired) electrons. The van der Waals surface area contributed by atoms with Crippen molar-refractivity contribution in [3.8, 4) is 0 Å². The van der Waals surface area contributed by atoms with Crippen LogP contribution in [0.1, 0.15) is 37.2 Å². The standard InChI is InChI=1S/C11H20N2OS/c1-3-4-5-10(12-6-8-14-2)11-13-7-9-15-11/h7,9-10,12H,3-6,8H2,1-2H3. The van der Waals surface area contributed by atoms with E-state index in [2.05, 4.69) is 17.2 Å². The summed E-state index contributed by atoms with van der Waals surface area (Å²) in [4.78, 5) is 4.36. The van der Waals surface area contributed by atoms with Gasteiger partial charge in [0.25, 0.3) is 0 Å². The molecule has 15 heavy (non-hydrogen) atoms. The molecule has 4 heteroatoms. The first-order valence-corrected chi connectivity index (χ1v) is 6.38. The zero-order valence-electron chi connectivity index (χ0n) is 9.53. The van der Waals surface area contributed by atoms with Crippen molar-refractivity contribution in [3.05, 3.63) is 16.6 Å². The maximum Gasteiger partial charge on any atom is 0.109 e. The third-order valence-electron chi connectivity index (χ3n) is 2.29. The summed E-state index contributed by atoms with van der Waals surface area (Å²) < 4.78 is 5.03. The Hall–Kier alpha value is -0.450. The van der Waals surface area contributed by atoms with Crippen LogP contribution in [0.3, 0.4) is 0 Å². The molecule has 1 rings (SSSR count). The zero-order valence-corrected chi connectivity index (χ0v) is 10.3. The highest BCUT2D eigenvalue weighted by molar-refractivity contribution is 7.09. The summed E-state index contributed by atoms with van der Waals surface area (Å²) in [6.45, 7) is 3.87. The van der Waals surface area contributed by atoms with Crippen molar-refractivity contribution in [2.45, 2.75) is 32.2 Å². The summed E-state index contributed by atoms with van der Waals surface area (Å²) in [7, 11) is 1.73. The van der Waals surface area contributed by atoms with Crippen LogP contribution in [0.15, 0.2) is 11.6 Å². The van der Waals surface area contributed by atoms with Gasteiger partial charge >= 0.3 is 0 Å². The van der Waals surface area contributed by atoms with Crippen molar-refractivity contribution in [2.75, 3.05) is 20.3 Å². The number of methoxy groups -OCH3 is 1. The number of thiazole rings is 1. The molecule has 1 aromatic rings. The molecule has 0 aliphatic carbocycles. The lowest BCUT2D eigenvalue weighted by Crippen LogP contribution is -2.25. The Labute approximate surface area is 95.9 Å².